The summed E-state index contributed by atoms with van der Waals surface area (Å²) >= 11 is 4.95. The van der Waals surface area contributed by atoms with E-state index in [0.29, 0.717) is 17.5 Å². The zero-order valence-corrected chi connectivity index (χ0v) is 8.19. The lowest BCUT2D eigenvalue weighted by Crippen LogP contribution is -2.27. The van der Waals surface area contributed by atoms with Crippen molar-refractivity contribution in [3.05, 3.63) is 0 Å². The Labute approximate surface area is 81.8 Å². The molecular weight excluding hydrogens is 188 g/mol. The fourth-order valence-corrected chi connectivity index (χ4v) is 2.09. The summed E-state index contributed by atoms with van der Waals surface area (Å²) in [6, 6.07) is 0. The summed E-state index contributed by atoms with van der Waals surface area (Å²) in [6.45, 7) is 2.61. The summed E-state index contributed by atoms with van der Waals surface area (Å²) in [5.41, 5.74) is 5.50. The highest BCUT2D eigenvalue weighted by atomic mass is 32.1. The van der Waals surface area contributed by atoms with Crippen LogP contribution in [-0.4, -0.2) is 23.7 Å². The van der Waals surface area contributed by atoms with Crippen LogP contribution in [0.2, 0.25) is 0 Å². The molecule has 3 N–H and O–H groups in total. The number of nitrogens with one attached hydrogen (secondary N) is 1. The van der Waals surface area contributed by atoms with E-state index in [9.17, 15) is 4.79 Å². The number of carbonyl (C=O) groups excluding carboxylic acids is 1. The number of cyclic esters (lactones) is 1. The largest absolute Gasteiger partial charge is 0.444 e. The first-order chi connectivity index (χ1) is 6.04. The van der Waals surface area contributed by atoms with E-state index in [4.69, 9.17) is 22.7 Å². The molecule has 0 aromatic heterocycles. The SMILES string of the molecule is CC1(C(N)=S)CC1C1CNC(=O)O1. The van der Waals surface area contributed by atoms with Crippen molar-refractivity contribution < 1.29 is 9.53 Å². The van der Waals surface area contributed by atoms with Crippen molar-refractivity contribution in [1.29, 1.82) is 0 Å². The molecule has 0 aromatic carbocycles. The highest BCUT2D eigenvalue weighted by Gasteiger charge is 2.58. The normalized spacial score (nSPS) is 42.4. The number of rotatable bonds is 2. The van der Waals surface area contributed by atoms with Crippen molar-refractivity contribution in [1.82, 2.24) is 5.32 Å². The van der Waals surface area contributed by atoms with E-state index in [1.807, 2.05) is 6.92 Å². The van der Waals surface area contributed by atoms with Crippen molar-refractivity contribution in [2.24, 2.45) is 17.1 Å². The van der Waals surface area contributed by atoms with Crippen LogP contribution in [0.4, 0.5) is 4.79 Å². The second-order valence-corrected chi connectivity index (χ2v) is 4.36. The first-order valence-corrected chi connectivity index (χ1v) is 4.69. The molecule has 1 aliphatic carbocycles. The minimum Gasteiger partial charge on any atom is -0.444 e. The number of hydrogen-bond acceptors (Lipinski definition) is 3. The molecule has 1 saturated carbocycles. The van der Waals surface area contributed by atoms with Crippen LogP contribution < -0.4 is 11.1 Å². The van der Waals surface area contributed by atoms with Crippen LogP contribution in [0.5, 0.6) is 0 Å². The van der Waals surface area contributed by atoms with Gasteiger partial charge >= 0.3 is 6.09 Å². The van der Waals surface area contributed by atoms with Gasteiger partial charge in [0.15, 0.2) is 0 Å². The zero-order valence-electron chi connectivity index (χ0n) is 7.37. The second kappa shape index (κ2) is 2.57. The van der Waals surface area contributed by atoms with Gasteiger partial charge in [0.2, 0.25) is 0 Å². The van der Waals surface area contributed by atoms with E-state index >= 15 is 0 Å². The van der Waals surface area contributed by atoms with Gasteiger partial charge in [-0.05, 0) is 6.42 Å². The van der Waals surface area contributed by atoms with Crippen molar-refractivity contribution in [3.8, 4) is 0 Å². The molecule has 3 atom stereocenters. The van der Waals surface area contributed by atoms with Crippen LogP contribution >= 0.6 is 12.2 Å². The Kier molecular flexibility index (Phi) is 1.73. The van der Waals surface area contributed by atoms with Gasteiger partial charge in [-0.25, -0.2) is 4.79 Å². The van der Waals surface area contributed by atoms with Gasteiger partial charge in [0.05, 0.1) is 11.5 Å². The molecule has 0 radical (unpaired) electrons. The summed E-state index contributed by atoms with van der Waals surface area (Å²) in [5.74, 6) is 0.309. The van der Waals surface area contributed by atoms with Crippen LogP contribution in [0.25, 0.3) is 0 Å². The van der Waals surface area contributed by atoms with Gasteiger partial charge in [-0.15, -0.1) is 0 Å². The van der Waals surface area contributed by atoms with Crippen molar-refractivity contribution in [2.45, 2.75) is 19.4 Å². The third-order valence-corrected chi connectivity index (χ3v) is 3.49. The van der Waals surface area contributed by atoms with Crippen LogP contribution in [-0.2, 0) is 4.74 Å². The molecule has 0 bridgehead atoms. The minimum atomic E-state index is -0.331. The fraction of sp³-hybridized carbons (Fsp3) is 0.750. The Morgan fingerprint density at radius 2 is 2.54 bits per heavy atom. The highest BCUT2D eigenvalue weighted by molar-refractivity contribution is 7.80. The Morgan fingerprint density at radius 1 is 1.85 bits per heavy atom. The predicted octanol–water partition coefficient (Wildman–Crippen LogP) is 0.407. The minimum absolute atomic E-state index is 0.0426. The molecule has 1 heterocycles. The zero-order chi connectivity index (χ0) is 9.64. The maximum atomic E-state index is 10.8. The van der Waals surface area contributed by atoms with Gasteiger partial charge in [0.25, 0.3) is 0 Å². The lowest BCUT2D eigenvalue weighted by atomic mass is 10.0. The van der Waals surface area contributed by atoms with E-state index < -0.39 is 0 Å². The molecule has 4 nitrogen and oxygen atoms in total. The Bertz CT molecular complexity index is 281. The lowest BCUT2D eigenvalue weighted by molar-refractivity contribution is 0.124. The fourth-order valence-electron chi connectivity index (χ4n) is 1.85. The van der Waals surface area contributed by atoms with E-state index in [-0.39, 0.29) is 17.6 Å². The predicted molar refractivity (Wildman–Crippen MR) is 51.3 cm³/mol. The van der Waals surface area contributed by atoms with Gasteiger partial charge < -0.3 is 15.8 Å². The number of thiocarbonyl (C=S) groups is 1. The van der Waals surface area contributed by atoms with Crippen molar-refractivity contribution >= 4 is 23.3 Å². The highest BCUT2D eigenvalue weighted by Crippen LogP contribution is 2.55. The second-order valence-electron chi connectivity index (χ2n) is 3.92. The average molecular weight is 200 g/mol. The average Bonchev–Trinajstić information content (AvgIpc) is 2.55. The molecule has 13 heavy (non-hydrogen) atoms. The molecular formula is C8H12N2O2S. The summed E-state index contributed by atoms with van der Waals surface area (Å²) in [4.78, 5) is 11.3. The van der Waals surface area contributed by atoms with Crippen LogP contribution in [0.15, 0.2) is 0 Å². The Morgan fingerprint density at radius 3 is 2.92 bits per heavy atom. The van der Waals surface area contributed by atoms with Gasteiger partial charge in [-0.3, -0.25) is 0 Å². The third-order valence-electron chi connectivity index (χ3n) is 3.02. The molecule has 0 aromatic rings. The van der Waals surface area contributed by atoms with Gasteiger partial charge in [-0.1, -0.05) is 19.1 Å². The van der Waals surface area contributed by atoms with Gasteiger partial charge in [0.1, 0.15) is 6.10 Å². The number of carbonyl (C=O) groups is 1. The Hall–Kier alpha value is -0.840. The first kappa shape index (κ1) is 8.74. The van der Waals surface area contributed by atoms with Gasteiger partial charge in [0, 0.05) is 11.3 Å². The van der Waals surface area contributed by atoms with Gasteiger partial charge in [-0.2, -0.15) is 0 Å². The smallest absolute Gasteiger partial charge is 0.407 e. The molecule has 2 aliphatic rings. The van der Waals surface area contributed by atoms with Crippen LogP contribution in [0.3, 0.4) is 0 Å². The number of amides is 1. The lowest BCUT2D eigenvalue weighted by Gasteiger charge is -2.12. The first-order valence-electron chi connectivity index (χ1n) is 4.28. The summed E-state index contributed by atoms with van der Waals surface area (Å²) in [5, 5.41) is 2.62. The molecule has 0 spiro atoms. The summed E-state index contributed by atoms with van der Waals surface area (Å²) < 4.78 is 5.07. The molecule has 1 amide bonds. The van der Waals surface area contributed by atoms with Crippen molar-refractivity contribution in [3.63, 3.8) is 0 Å². The quantitative estimate of drug-likeness (QED) is 0.634. The molecule has 1 aliphatic heterocycles. The number of ether oxygens (including phenoxy) is 1. The molecule has 2 fully saturated rings. The standard InChI is InChI=1S/C8H12N2O2S/c1-8(6(9)13)2-4(8)5-3-10-7(11)12-5/h4-5H,2-3H2,1H3,(H2,9,13)(H,10,11). The van der Waals surface area contributed by atoms with Crippen molar-refractivity contribution in [2.75, 3.05) is 6.54 Å². The van der Waals surface area contributed by atoms with E-state index in [0.717, 1.165) is 6.42 Å². The molecule has 3 unspecified atom stereocenters. The Balaban J connectivity index is 1.99. The van der Waals surface area contributed by atoms with E-state index in [2.05, 4.69) is 5.32 Å². The van der Waals surface area contributed by atoms with Crippen LogP contribution in [0.1, 0.15) is 13.3 Å². The van der Waals surface area contributed by atoms with Crippen LogP contribution in [0, 0.1) is 11.3 Å². The number of nitrogens with two attached hydrogens (primary N) is 1. The topological polar surface area (TPSA) is 64.3 Å². The molecule has 72 valence electrons. The molecule has 1 saturated heterocycles. The monoisotopic (exact) mass is 200 g/mol. The van der Waals surface area contributed by atoms with E-state index in [1.54, 1.807) is 0 Å². The summed E-state index contributed by atoms with van der Waals surface area (Å²) in [7, 11) is 0. The molecule has 2 rings (SSSR count). The number of alkyl carbamates (subject to hydrolysis) is 1. The maximum absolute atomic E-state index is 10.8. The summed E-state index contributed by atoms with van der Waals surface area (Å²) in [6.07, 6.45) is 0.559. The van der Waals surface area contributed by atoms with E-state index in [1.165, 1.54) is 0 Å². The molecule has 5 heteroatoms. The number of hydrogen-bond donors (Lipinski definition) is 2. The third kappa shape index (κ3) is 1.27. The maximum Gasteiger partial charge on any atom is 0.407 e.